The summed E-state index contributed by atoms with van der Waals surface area (Å²) in [5.74, 6) is 0.647. The van der Waals surface area contributed by atoms with Crippen LogP contribution in [0.25, 0.3) is 0 Å². The van der Waals surface area contributed by atoms with Gasteiger partial charge in [-0.1, -0.05) is 12.1 Å². The summed E-state index contributed by atoms with van der Waals surface area (Å²) in [6.45, 7) is 5.51. The molecular weight excluding hydrogens is 458 g/mol. The average molecular weight is 490 g/mol. The first-order valence-corrected chi connectivity index (χ1v) is 9.62. The van der Waals surface area contributed by atoms with E-state index in [4.69, 9.17) is 4.74 Å². The van der Waals surface area contributed by atoms with Gasteiger partial charge in [-0.15, -0.1) is 24.0 Å². The number of guanidine groups is 1. The van der Waals surface area contributed by atoms with Gasteiger partial charge < -0.3 is 15.0 Å². The minimum atomic E-state index is -0.200. The molecule has 2 fully saturated rings. The second kappa shape index (κ2) is 10.6. The summed E-state index contributed by atoms with van der Waals surface area (Å²) in [7, 11) is 3.80. The molecule has 0 amide bonds. The molecule has 152 valence electrons. The van der Waals surface area contributed by atoms with Gasteiger partial charge in [0.25, 0.3) is 0 Å². The largest absolute Gasteiger partial charge is 0.381 e. The van der Waals surface area contributed by atoms with Crippen molar-refractivity contribution in [1.82, 2.24) is 15.1 Å². The Kier molecular flexibility index (Phi) is 8.75. The molecule has 2 heterocycles. The van der Waals surface area contributed by atoms with E-state index in [-0.39, 0.29) is 35.3 Å². The fraction of sp³-hybridized carbons (Fsp3) is 0.650. The van der Waals surface area contributed by atoms with Crippen molar-refractivity contribution in [3.05, 3.63) is 35.6 Å². The first-order valence-electron chi connectivity index (χ1n) is 9.62. The number of nitrogens with zero attached hydrogens (tertiary/aromatic N) is 3. The number of nitrogens with one attached hydrogen (secondary N) is 1. The third kappa shape index (κ3) is 5.77. The van der Waals surface area contributed by atoms with Crippen LogP contribution in [0.4, 0.5) is 4.39 Å². The van der Waals surface area contributed by atoms with E-state index in [2.05, 4.69) is 15.2 Å². The van der Waals surface area contributed by atoms with Crippen LogP contribution in [-0.2, 0) is 11.3 Å². The number of hydrogen-bond donors (Lipinski definition) is 1. The zero-order valence-corrected chi connectivity index (χ0v) is 18.7. The van der Waals surface area contributed by atoms with E-state index in [1.165, 1.54) is 32.0 Å². The normalized spacial score (nSPS) is 20.2. The van der Waals surface area contributed by atoms with Gasteiger partial charge in [-0.05, 0) is 56.5 Å². The number of rotatable bonds is 5. The topological polar surface area (TPSA) is 40.1 Å². The number of ether oxygens (including phenoxy) is 1. The van der Waals surface area contributed by atoms with E-state index in [9.17, 15) is 4.39 Å². The number of halogens is 2. The van der Waals surface area contributed by atoms with Crippen LogP contribution in [-0.4, -0.2) is 68.2 Å². The predicted molar refractivity (Wildman–Crippen MR) is 118 cm³/mol. The van der Waals surface area contributed by atoms with Gasteiger partial charge in [0.1, 0.15) is 5.82 Å². The molecule has 0 radical (unpaired) electrons. The van der Waals surface area contributed by atoms with Crippen LogP contribution in [0.5, 0.6) is 0 Å². The van der Waals surface area contributed by atoms with Crippen molar-refractivity contribution in [3.63, 3.8) is 0 Å². The molecule has 1 aromatic rings. The fourth-order valence-electron chi connectivity index (χ4n) is 4.16. The molecule has 1 aromatic carbocycles. The van der Waals surface area contributed by atoms with Crippen molar-refractivity contribution >= 4 is 29.9 Å². The number of aliphatic imine (C=N–C) groups is 1. The summed E-state index contributed by atoms with van der Waals surface area (Å²) in [4.78, 5) is 9.13. The van der Waals surface area contributed by atoms with E-state index in [1.807, 2.05) is 18.0 Å². The van der Waals surface area contributed by atoms with Crippen LogP contribution in [0.15, 0.2) is 29.3 Å². The molecule has 1 N–H and O–H groups in total. The molecule has 27 heavy (non-hydrogen) atoms. The van der Waals surface area contributed by atoms with Crippen LogP contribution >= 0.6 is 24.0 Å². The molecule has 0 unspecified atom stereocenters. The maximum atomic E-state index is 13.4. The van der Waals surface area contributed by atoms with Gasteiger partial charge in [-0.2, -0.15) is 0 Å². The van der Waals surface area contributed by atoms with Gasteiger partial charge >= 0.3 is 0 Å². The molecule has 0 bridgehead atoms. The molecule has 0 atom stereocenters. The van der Waals surface area contributed by atoms with E-state index >= 15 is 0 Å². The Morgan fingerprint density at radius 2 is 2.00 bits per heavy atom. The summed E-state index contributed by atoms with van der Waals surface area (Å²) in [5.41, 5.74) is 1.10. The van der Waals surface area contributed by atoms with Crippen LogP contribution in [0.2, 0.25) is 0 Å². The van der Waals surface area contributed by atoms with Gasteiger partial charge in [-0.3, -0.25) is 9.89 Å². The van der Waals surface area contributed by atoms with Crippen molar-refractivity contribution in [2.24, 2.45) is 4.99 Å². The summed E-state index contributed by atoms with van der Waals surface area (Å²) in [5, 5.41) is 3.58. The lowest BCUT2D eigenvalue weighted by atomic mass is 9.88. The lowest BCUT2D eigenvalue weighted by Crippen LogP contribution is -2.58. The summed E-state index contributed by atoms with van der Waals surface area (Å²) in [6.07, 6.45) is 4.70. The minimum Gasteiger partial charge on any atom is -0.381 e. The van der Waals surface area contributed by atoms with E-state index < -0.39 is 0 Å². The van der Waals surface area contributed by atoms with Gasteiger partial charge in [0, 0.05) is 45.9 Å². The Balaban J connectivity index is 0.00000261. The number of likely N-dealkylation sites (tertiary alicyclic amines) is 1. The predicted octanol–water partition coefficient (Wildman–Crippen LogP) is 3.10. The highest BCUT2D eigenvalue weighted by Crippen LogP contribution is 2.30. The van der Waals surface area contributed by atoms with Gasteiger partial charge in [-0.25, -0.2) is 4.39 Å². The summed E-state index contributed by atoms with van der Waals surface area (Å²) < 4.78 is 19.1. The second-order valence-electron chi connectivity index (χ2n) is 7.42. The lowest BCUT2D eigenvalue weighted by Gasteiger charge is -2.45. The van der Waals surface area contributed by atoms with Gasteiger partial charge in [0.15, 0.2) is 5.96 Å². The number of benzene rings is 1. The van der Waals surface area contributed by atoms with Crippen molar-refractivity contribution in [2.75, 3.05) is 46.9 Å². The van der Waals surface area contributed by atoms with E-state index in [0.717, 1.165) is 44.1 Å². The molecule has 0 aromatic heterocycles. The average Bonchev–Trinajstić information content (AvgIpc) is 3.18. The molecule has 3 rings (SSSR count). The Bertz CT molecular complexity index is 616. The van der Waals surface area contributed by atoms with Crippen LogP contribution in [0.1, 0.15) is 31.2 Å². The molecule has 0 aliphatic carbocycles. The lowest BCUT2D eigenvalue weighted by molar-refractivity contribution is -0.0166. The van der Waals surface area contributed by atoms with Crippen LogP contribution in [0, 0.1) is 5.82 Å². The zero-order chi connectivity index (χ0) is 18.4. The second-order valence-corrected chi connectivity index (χ2v) is 7.42. The molecule has 2 saturated heterocycles. The summed E-state index contributed by atoms with van der Waals surface area (Å²) >= 11 is 0. The Morgan fingerprint density at radius 1 is 1.30 bits per heavy atom. The first-order chi connectivity index (χ1) is 12.6. The number of hydrogen-bond acceptors (Lipinski definition) is 3. The third-order valence-corrected chi connectivity index (χ3v) is 5.66. The molecule has 2 aliphatic rings. The Hall–Kier alpha value is -0.930. The highest BCUT2D eigenvalue weighted by molar-refractivity contribution is 14.0. The Morgan fingerprint density at radius 3 is 2.63 bits per heavy atom. The van der Waals surface area contributed by atoms with Crippen LogP contribution in [0.3, 0.4) is 0 Å². The van der Waals surface area contributed by atoms with Crippen molar-refractivity contribution in [2.45, 2.75) is 37.8 Å². The maximum absolute atomic E-state index is 13.4. The van der Waals surface area contributed by atoms with Crippen molar-refractivity contribution < 1.29 is 9.13 Å². The molecular formula is C20H32FIN4O. The molecule has 2 aliphatic heterocycles. The first kappa shape index (κ1) is 22.4. The molecule has 5 nitrogen and oxygen atoms in total. The van der Waals surface area contributed by atoms with E-state index in [0.29, 0.717) is 6.54 Å². The van der Waals surface area contributed by atoms with Gasteiger partial charge in [0.05, 0.1) is 0 Å². The highest BCUT2D eigenvalue weighted by Gasteiger charge is 2.39. The maximum Gasteiger partial charge on any atom is 0.193 e. The quantitative estimate of drug-likeness (QED) is 0.392. The highest BCUT2D eigenvalue weighted by atomic mass is 127. The van der Waals surface area contributed by atoms with E-state index in [1.54, 1.807) is 19.2 Å². The fourth-order valence-corrected chi connectivity index (χ4v) is 4.16. The Labute approximate surface area is 179 Å². The smallest absolute Gasteiger partial charge is 0.193 e. The zero-order valence-electron chi connectivity index (χ0n) is 16.4. The SMILES string of the molecule is CN=C(NCC1(N2CCCC2)CCOCC1)N(C)Cc1cccc(F)c1.I. The monoisotopic (exact) mass is 490 g/mol. The van der Waals surface area contributed by atoms with Crippen molar-refractivity contribution in [3.8, 4) is 0 Å². The molecule has 0 spiro atoms. The standard InChI is InChI=1S/C20H31FN4O.HI/c1-22-19(24(2)15-17-6-5-7-18(21)14-17)23-16-20(8-12-26-13-9-20)25-10-3-4-11-25;/h5-7,14H,3-4,8-13,15-16H2,1-2H3,(H,22,23);1H. The molecule has 7 heteroatoms. The molecule has 0 saturated carbocycles. The summed E-state index contributed by atoms with van der Waals surface area (Å²) in [6, 6.07) is 6.74. The van der Waals surface area contributed by atoms with Gasteiger partial charge in [0.2, 0.25) is 0 Å². The van der Waals surface area contributed by atoms with Crippen molar-refractivity contribution in [1.29, 1.82) is 0 Å². The van der Waals surface area contributed by atoms with Crippen LogP contribution < -0.4 is 5.32 Å². The third-order valence-electron chi connectivity index (χ3n) is 5.66. The minimum absolute atomic E-state index is 0.